The van der Waals surface area contributed by atoms with Crippen LogP contribution in [-0.2, 0) is 28.4 Å². The van der Waals surface area contributed by atoms with Gasteiger partial charge in [0.2, 0.25) is 0 Å². The van der Waals surface area contributed by atoms with Crippen LogP contribution in [0.15, 0.2) is 0 Å². The van der Waals surface area contributed by atoms with Crippen molar-refractivity contribution in [3.63, 3.8) is 0 Å². The fourth-order valence-corrected chi connectivity index (χ4v) is 4.56. The van der Waals surface area contributed by atoms with Crippen molar-refractivity contribution in [1.29, 1.82) is 0 Å². The van der Waals surface area contributed by atoms with Crippen LogP contribution in [0.2, 0.25) is 0 Å². The zero-order chi connectivity index (χ0) is 18.9. The minimum Gasteiger partial charge on any atom is -0.384 e. The maximum absolute atomic E-state index is 6.68. The lowest BCUT2D eigenvalue weighted by Gasteiger charge is -2.69. The molecule has 5 unspecified atom stereocenters. The predicted molar refractivity (Wildman–Crippen MR) is 92.5 cm³/mol. The van der Waals surface area contributed by atoms with E-state index in [9.17, 15) is 0 Å². The van der Waals surface area contributed by atoms with E-state index < -0.39 is 27.8 Å². The highest BCUT2D eigenvalue weighted by Crippen LogP contribution is 2.60. The molecule has 0 aromatic rings. The Labute approximate surface area is 147 Å². The highest BCUT2D eigenvalue weighted by atomic mass is 16.6. The summed E-state index contributed by atoms with van der Waals surface area (Å²) in [5, 5.41) is 0. The molecule has 0 amide bonds. The van der Waals surface area contributed by atoms with Crippen molar-refractivity contribution in [3.8, 4) is 0 Å². The first-order chi connectivity index (χ1) is 11.0. The molecule has 0 aromatic heterocycles. The molecule has 1 aliphatic heterocycles. The molecule has 0 N–H and O–H groups in total. The highest BCUT2D eigenvalue weighted by Gasteiger charge is 2.75. The van der Waals surface area contributed by atoms with Gasteiger partial charge < -0.3 is 28.4 Å². The first-order valence-corrected chi connectivity index (χ1v) is 8.28. The summed E-state index contributed by atoms with van der Waals surface area (Å²) in [6.45, 7) is 11.4. The van der Waals surface area contributed by atoms with Gasteiger partial charge in [-0.2, -0.15) is 0 Å². The van der Waals surface area contributed by atoms with Crippen molar-refractivity contribution in [2.24, 2.45) is 5.41 Å². The van der Waals surface area contributed by atoms with Crippen LogP contribution in [0, 0.1) is 5.41 Å². The fraction of sp³-hybridized carbons (Fsp3) is 1.00. The van der Waals surface area contributed by atoms with E-state index in [0.29, 0.717) is 19.8 Å². The second kappa shape index (κ2) is 7.17. The number of ether oxygens (including phenoxy) is 6. The zero-order valence-electron chi connectivity index (χ0n) is 17.1. The Kier molecular flexibility index (Phi) is 6.52. The smallest absolute Gasteiger partial charge is 0.125 e. The normalized spacial score (nSPS) is 46.2. The molecule has 0 saturated carbocycles. The van der Waals surface area contributed by atoms with Crippen LogP contribution in [0.5, 0.6) is 0 Å². The van der Waals surface area contributed by atoms with Crippen molar-refractivity contribution < 1.29 is 28.4 Å². The second-order valence-electron chi connectivity index (χ2n) is 7.67. The molecule has 0 radical (unpaired) electrons. The van der Waals surface area contributed by atoms with E-state index >= 15 is 0 Å². The molecule has 6 heteroatoms. The predicted octanol–water partition coefficient (Wildman–Crippen LogP) is 2.29. The average Bonchev–Trinajstić information content (AvgIpc) is 2.52. The topological polar surface area (TPSA) is 55.4 Å². The quantitative estimate of drug-likeness (QED) is 0.671. The van der Waals surface area contributed by atoms with Crippen LogP contribution in [0.4, 0.5) is 0 Å². The third-order valence-corrected chi connectivity index (χ3v) is 6.68. The van der Waals surface area contributed by atoms with Crippen molar-refractivity contribution in [2.45, 2.75) is 57.0 Å². The molecule has 1 fully saturated rings. The zero-order valence-corrected chi connectivity index (χ0v) is 17.1. The molecule has 0 bridgehead atoms. The number of rotatable bonds is 8. The molecule has 0 aromatic carbocycles. The SMILES string of the molecule is COCC1(C)OC(C)(COC)C(C)(OC)C(C)(OC)C1(C)COC. The van der Waals surface area contributed by atoms with Gasteiger partial charge in [-0.15, -0.1) is 0 Å². The van der Waals surface area contributed by atoms with E-state index in [-0.39, 0.29) is 0 Å². The molecular weight excluding hydrogens is 312 g/mol. The van der Waals surface area contributed by atoms with Crippen LogP contribution in [-0.4, -0.2) is 77.8 Å². The maximum atomic E-state index is 6.68. The van der Waals surface area contributed by atoms with Gasteiger partial charge in [0.1, 0.15) is 22.4 Å². The molecule has 144 valence electrons. The Balaban J connectivity index is 3.70. The van der Waals surface area contributed by atoms with E-state index in [2.05, 4.69) is 13.8 Å². The van der Waals surface area contributed by atoms with Crippen LogP contribution >= 0.6 is 0 Å². The summed E-state index contributed by atoms with van der Waals surface area (Å²) in [6.07, 6.45) is 0. The summed E-state index contributed by atoms with van der Waals surface area (Å²) in [5.41, 5.74) is -3.48. The van der Waals surface area contributed by atoms with E-state index in [1.165, 1.54) is 0 Å². The summed E-state index contributed by atoms with van der Waals surface area (Å²) in [7, 11) is 8.40. The second-order valence-corrected chi connectivity index (χ2v) is 7.67. The highest BCUT2D eigenvalue weighted by molar-refractivity contribution is 5.24. The van der Waals surface area contributed by atoms with Gasteiger partial charge in [-0.1, -0.05) is 6.92 Å². The summed E-state index contributed by atoms with van der Waals surface area (Å²) in [4.78, 5) is 0. The van der Waals surface area contributed by atoms with Crippen molar-refractivity contribution in [1.82, 2.24) is 0 Å². The Hall–Kier alpha value is -0.240. The summed E-state index contributed by atoms with van der Waals surface area (Å²) >= 11 is 0. The van der Waals surface area contributed by atoms with Gasteiger partial charge in [-0.05, 0) is 27.7 Å². The lowest BCUT2D eigenvalue weighted by atomic mass is 9.52. The Bertz CT molecular complexity index is 432. The van der Waals surface area contributed by atoms with Gasteiger partial charge in [-0.25, -0.2) is 0 Å². The van der Waals surface area contributed by atoms with Gasteiger partial charge in [0.25, 0.3) is 0 Å². The molecule has 1 saturated heterocycles. The lowest BCUT2D eigenvalue weighted by molar-refractivity contribution is -0.407. The molecule has 1 rings (SSSR count). The average molecular weight is 348 g/mol. The maximum Gasteiger partial charge on any atom is 0.125 e. The third kappa shape index (κ3) is 2.63. The van der Waals surface area contributed by atoms with E-state index in [0.717, 1.165) is 0 Å². The number of hydrogen-bond acceptors (Lipinski definition) is 6. The van der Waals surface area contributed by atoms with Crippen LogP contribution in [0.1, 0.15) is 34.6 Å². The van der Waals surface area contributed by atoms with Crippen LogP contribution in [0.25, 0.3) is 0 Å². The summed E-state index contributed by atoms with van der Waals surface area (Å²) in [6, 6.07) is 0. The minimum absolute atomic E-state index is 0.360. The van der Waals surface area contributed by atoms with Crippen molar-refractivity contribution >= 4 is 0 Å². The largest absolute Gasteiger partial charge is 0.384 e. The molecular formula is C18H36O6. The van der Waals surface area contributed by atoms with Crippen LogP contribution < -0.4 is 0 Å². The fourth-order valence-electron chi connectivity index (χ4n) is 4.56. The lowest BCUT2D eigenvalue weighted by Crippen LogP contribution is -2.83. The number of hydrogen-bond donors (Lipinski definition) is 0. The third-order valence-electron chi connectivity index (χ3n) is 6.68. The van der Waals surface area contributed by atoms with Crippen molar-refractivity contribution in [2.75, 3.05) is 55.4 Å². The van der Waals surface area contributed by atoms with Gasteiger partial charge in [0.05, 0.1) is 25.2 Å². The Morgan fingerprint density at radius 1 is 0.583 bits per heavy atom. The Morgan fingerprint density at radius 3 is 1.38 bits per heavy atom. The standard InChI is InChI=1S/C18H36O6/c1-14(11-19-6)15(2,12-20-7)24-16(3,13-21-8)18(5,23-10)17(14,4)22-9/h11-13H2,1-10H3. The molecule has 1 heterocycles. The Morgan fingerprint density at radius 2 is 1.00 bits per heavy atom. The monoisotopic (exact) mass is 348 g/mol. The molecule has 0 spiro atoms. The van der Waals surface area contributed by atoms with E-state index in [4.69, 9.17) is 28.4 Å². The molecule has 0 aliphatic carbocycles. The first-order valence-electron chi connectivity index (χ1n) is 8.28. The van der Waals surface area contributed by atoms with Gasteiger partial charge >= 0.3 is 0 Å². The number of methoxy groups -OCH3 is 5. The van der Waals surface area contributed by atoms with Gasteiger partial charge in [-0.3, -0.25) is 0 Å². The van der Waals surface area contributed by atoms with Crippen LogP contribution in [0.3, 0.4) is 0 Å². The molecule has 1 aliphatic rings. The molecule has 5 atom stereocenters. The minimum atomic E-state index is -0.786. The summed E-state index contributed by atoms with van der Waals surface area (Å²) in [5.74, 6) is 0. The van der Waals surface area contributed by atoms with E-state index in [1.54, 1.807) is 35.5 Å². The van der Waals surface area contributed by atoms with Gasteiger partial charge in [0, 0.05) is 35.5 Å². The molecule has 6 nitrogen and oxygen atoms in total. The van der Waals surface area contributed by atoms with Crippen molar-refractivity contribution in [3.05, 3.63) is 0 Å². The molecule has 24 heavy (non-hydrogen) atoms. The first kappa shape index (κ1) is 21.8. The van der Waals surface area contributed by atoms with E-state index in [1.807, 2.05) is 20.8 Å². The summed E-state index contributed by atoms with van der Waals surface area (Å²) < 4.78 is 35.5. The van der Waals surface area contributed by atoms with Gasteiger partial charge in [0.15, 0.2) is 0 Å².